The third-order valence-electron chi connectivity index (χ3n) is 4.77. The Kier molecular flexibility index (Phi) is 4.85. The molecule has 0 radical (unpaired) electrons. The summed E-state index contributed by atoms with van der Waals surface area (Å²) in [6.07, 6.45) is 2.03. The van der Waals surface area contributed by atoms with Crippen LogP contribution in [0.15, 0.2) is 60.8 Å². The van der Waals surface area contributed by atoms with E-state index in [9.17, 15) is 0 Å². The zero-order valence-electron chi connectivity index (χ0n) is 15.9. The van der Waals surface area contributed by atoms with Gasteiger partial charge in [0.15, 0.2) is 0 Å². The molecule has 0 aromatic heterocycles. The van der Waals surface area contributed by atoms with Crippen molar-refractivity contribution >= 4 is 21.5 Å². The van der Waals surface area contributed by atoms with Gasteiger partial charge in [0, 0.05) is 12.2 Å². The molecular weight excluding hydrogens is 302 g/mol. The van der Waals surface area contributed by atoms with Crippen LogP contribution >= 0.6 is 0 Å². The second-order valence-electron chi connectivity index (χ2n) is 8.10. The molecule has 0 saturated carbocycles. The minimum atomic E-state index is 0.250. The average Bonchev–Trinajstić information content (AvgIpc) is 2.57. The average molecular weight is 332 g/mol. The lowest BCUT2D eigenvalue weighted by molar-refractivity contribution is 0.398. The lowest BCUT2D eigenvalue weighted by Gasteiger charge is -2.22. The van der Waals surface area contributed by atoms with Gasteiger partial charge in [0.1, 0.15) is 0 Å². The standard InChI is InChI=1S/C24H29N/c1-6-18-19-11-7-9-13-21(19)23(22-14-10-8-12-20(18)22)16-25-17(2)15-24(3,4)5/h7-14,25H,2,6,15-16H2,1,3-5H3. The third-order valence-corrected chi connectivity index (χ3v) is 4.77. The molecule has 1 nitrogen and oxygen atoms in total. The molecule has 3 rings (SSSR count). The molecule has 3 aromatic rings. The summed E-state index contributed by atoms with van der Waals surface area (Å²) in [4.78, 5) is 0. The SMILES string of the molecule is C=C(CC(C)(C)C)NCc1c2ccccc2c(CC)c2ccccc12. The van der Waals surface area contributed by atoms with E-state index in [4.69, 9.17) is 0 Å². The molecule has 0 aliphatic heterocycles. The molecule has 0 bridgehead atoms. The highest BCUT2D eigenvalue weighted by Crippen LogP contribution is 2.33. The van der Waals surface area contributed by atoms with E-state index in [1.54, 1.807) is 0 Å². The van der Waals surface area contributed by atoms with Gasteiger partial charge in [0.25, 0.3) is 0 Å². The first-order valence-corrected chi connectivity index (χ1v) is 9.23. The first-order valence-electron chi connectivity index (χ1n) is 9.23. The number of aryl methyl sites for hydroxylation is 1. The van der Waals surface area contributed by atoms with Gasteiger partial charge >= 0.3 is 0 Å². The van der Waals surface area contributed by atoms with E-state index in [0.29, 0.717) is 0 Å². The zero-order chi connectivity index (χ0) is 18.0. The Morgan fingerprint density at radius 2 is 1.28 bits per heavy atom. The smallest absolute Gasteiger partial charge is 0.0409 e. The normalized spacial score (nSPS) is 11.8. The Hall–Kier alpha value is -2.28. The van der Waals surface area contributed by atoms with Crippen LogP contribution in [0, 0.1) is 5.41 Å². The second-order valence-corrected chi connectivity index (χ2v) is 8.10. The van der Waals surface area contributed by atoms with Crippen LogP contribution in [0.5, 0.6) is 0 Å². The number of benzene rings is 3. The van der Waals surface area contributed by atoms with E-state index in [1.807, 2.05) is 0 Å². The van der Waals surface area contributed by atoms with E-state index in [0.717, 1.165) is 25.1 Å². The molecule has 25 heavy (non-hydrogen) atoms. The van der Waals surface area contributed by atoms with Gasteiger partial charge in [-0.3, -0.25) is 0 Å². The summed E-state index contributed by atoms with van der Waals surface area (Å²) >= 11 is 0. The Bertz CT molecular complexity index is 855. The molecule has 0 atom stereocenters. The predicted octanol–water partition coefficient (Wildman–Crippen LogP) is 6.59. The number of nitrogens with one attached hydrogen (secondary N) is 1. The van der Waals surface area contributed by atoms with Crippen molar-refractivity contribution in [2.24, 2.45) is 5.41 Å². The molecule has 0 saturated heterocycles. The molecule has 0 aliphatic carbocycles. The van der Waals surface area contributed by atoms with Gasteiger partial charge in [-0.15, -0.1) is 0 Å². The van der Waals surface area contributed by atoms with E-state index < -0.39 is 0 Å². The quantitative estimate of drug-likeness (QED) is 0.520. The van der Waals surface area contributed by atoms with E-state index in [1.165, 1.54) is 32.7 Å². The fraction of sp³-hybridized carbons (Fsp3) is 0.333. The van der Waals surface area contributed by atoms with Crippen LogP contribution in [0.2, 0.25) is 0 Å². The van der Waals surface area contributed by atoms with E-state index >= 15 is 0 Å². The van der Waals surface area contributed by atoms with Gasteiger partial charge in [-0.2, -0.15) is 0 Å². The first-order chi connectivity index (χ1) is 11.9. The van der Waals surface area contributed by atoms with Crippen LogP contribution in [-0.2, 0) is 13.0 Å². The van der Waals surface area contributed by atoms with Gasteiger partial charge in [-0.25, -0.2) is 0 Å². The van der Waals surface area contributed by atoms with Crippen molar-refractivity contribution in [3.8, 4) is 0 Å². The topological polar surface area (TPSA) is 12.0 Å². The van der Waals surface area contributed by atoms with Crippen LogP contribution in [0.1, 0.15) is 45.2 Å². The maximum Gasteiger partial charge on any atom is 0.0409 e. The molecule has 0 fully saturated rings. The van der Waals surface area contributed by atoms with Crippen LogP contribution in [0.4, 0.5) is 0 Å². The van der Waals surface area contributed by atoms with Gasteiger partial charge < -0.3 is 5.32 Å². The summed E-state index contributed by atoms with van der Waals surface area (Å²) in [7, 11) is 0. The molecule has 1 heteroatoms. The third kappa shape index (κ3) is 3.71. The Morgan fingerprint density at radius 3 is 1.68 bits per heavy atom. The molecule has 0 spiro atoms. The number of rotatable bonds is 5. The van der Waals surface area contributed by atoms with Crippen molar-refractivity contribution in [3.63, 3.8) is 0 Å². The fourth-order valence-corrected chi connectivity index (χ4v) is 3.80. The predicted molar refractivity (Wildman–Crippen MR) is 111 cm³/mol. The van der Waals surface area contributed by atoms with Crippen LogP contribution < -0.4 is 5.32 Å². The highest BCUT2D eigenvalue weighted by Gasteiger charge is 2.14. The van der Waals surface area contributed by atoms with E-state index in [-0.39, 0.29) is 5.41 Å². The molecule has 0 amide bonds. The van der Waals surface area contributed by atoms with Crippen molar-refractivity contribution in [2.75, 3.05) is 0 Å². The first kappa shape index (κ1) is 17.5. The summed E-state index contributed by atoms with van der Waals surface area (Å²) in [6.45, 7) is 14.1. The van der Waals surface area contributed by atoms with E-state index in [2.05, 4.69) is 88.1 Å². The molecular formula is C24H29N. The van der Waals surface area contributed by atoms with Gasteiger partial charge in [-0.05, 0) is 50.9 Å². The minimum Gasteiger partial charge on any atom is -0.385 e. The summed E-state index contributed by atoms with van der Waals surface area (Å²) in [6, 6.07) is 17.6. The summed E-state index contributed by atoms with van der Waals surface area (Å²) in [5, 5.41) is 9.05. The van der Waals surface area contributed by atoms with Crippen molar-refractivity contribution in [1.82, 2.24) is 5.32 Å². The number of hydrogen-bond acceptors (Lipinski definition) is 1. The van der Waals surface area contributed by atoms with Crippen molar-refractivity contribution in [2.45, 2.75) is 47.1 Å². The molecule has 0 aliphatic rings. The Morgan fingerprint density at radius 1 is 0.840 bits per heavy atom. The highest BCUT2D eigenvalue weighted by molar-refractivity contribution is 6.05. The summed E-state index contributed by atoms with van der Waals surface area (Å²) in [5.74, 6) is 0. The maximum atomic E-state index is 4.24. The minimum absolute atomic E-state index is 0.250. The molecule has 1 N–H and O–H groups in total. The van der Waals surface area contributed by atoms with Crippen molar-refractivity contribution in [1.29, 1.82) is 0 Å². The largest absolute Gasteiger partial charge is 0.385 e. The monoisotopic (exact) mass is 331 g/mol. The van der Waals surface area contributed by atoms with Crippen LogP contribution in [0.25, 0.3) is 21.5 Å². The van der Waals surface area contributed by atoms with Crippen LogP contribution in [-0.4, -0.2) is 0 Å². The second kappa shape index (κ2) is 6.92. The molecule has 0 unspecified atom stereocenters. The van der Waals surface area contributed by atoms with Gasteiger partial charge in [0.05, 0.1) is 0 Å². The van der Waals surface area contributed by atoms with Gasteiger partial charge in [0.2, 0.25) is 0 Å². The summed E-state index contributed by atoms with van der Waals surface area (Å²) < 4.78 is 0. The summed E-state index contributed by atoms with van der Waals surface area (Å²) in [5.41, 5.74) is 4.18. The Balaban J connectivity index is 2.08. The lowest BCUT2D eigenvalue weighted by Crippen LogP contribution is -2.18. The molecule has 0 heterocycles. The van der Waals surface area contributed by atoms with Crippen LogP contribution in [0.3, 0.4) is 0 Å². The Labute approximate surface area is 151 Å². The van der Waals surface area contributed by atoms with Crippen molar-refractivity contribution < 1.29 is 0 Å². The number of fused-ring (bicyclic) bond motifs is 2. The van der Waals surface area contributed by atoms with Gasteiger partial charge in [-0.1, -0.05) is 82.8 Å². The molecule has 3 aromatic carbocycles. The maximum absolute atomic E-state index is 4.24. The highest BCUT2D eigenvalue weighted by atomic mass is 14.9. The molecule has 130 valence electrons. The number of allylic oxidation sites excluding steroid dienone is 1. The zero-order valence-corrected chi connectivity index (χ0v) is 15.9. The fourth-order valence-electron chi connectivity index (χ4n) is 3.80. The number of hydrogen-bond donors (Lipinski definition) is 1. The van der Waals surface area contributed by atoms with Crippen molar-refractivity contribution in [3.05, 3.63) is 71.9 Å². The lowest BCUT2D eigenvalue weighted by atomic mass is 9.89.